The maximum absolute atomic E-state index is 13.3. The minimum atomic E-state index is 0.191. The molecule has 4 rings (SSSR count). The van der Waals surface area contributed by atoms with Gasteiger partial charge >= 0.3 is 0 Å². The monoisotopic (exact) mass is 326 g/mol. The van der Waals surface area contributed by atoms with Gasteiger partial charge in [0, 0.05) is 43.8 Å². The molecule has 1 aromatic carbocycles. The highest BCUT2D eigenvalue weighted by Gasteiger charge is 2.49. The van der Waals surface area contributed by atoms with E-state index in [1.807, 2.05) is 32.5 Å². The molecule has 1 saturated heterocycles. The van der Waals surface area contributed by atoms with Crippen LogP contribution in [0, 0.1) is 5.41 Å². The van der Waals surface area contributed by atoms with Crippen LogP contribution in [0.3, 0.4) is 0 Å². The van der Waals surface area contributed by atoms with Crippen LogP contribution >= 0.6 is 0 Å². The number of ether oxygens (including phenoxy) is 1. The predicted molar refractivity (Wildman–Crippen MR) is 95.1 cm³/mol. The van der Waals surface area contributed by atoms with Gasteiger partial charge in [0.25, 0.3) is 5.91 Å². The van der Waals surface area contributed by atoms with Crippen molar-refractivity contribution >= 4 is 16.8 Å². The summed E-state index contributed by atoms with van der Waals surface area (Å²) in [4.78, 5) is 15.4. The molecule has 0 N–H and O–H groups in total. The molecule has 1 aliphatic heterocycles. The number of amides is 1. The van der Waals surface area contributed by atoms with Crippen molar-refractivity contribution in [2.24, 2.45) is 12.5 Å². The minimum Gasteiger partial charge on any atom is -0.381 e. The van der Waals surface area contributed by atoms with Crippen LogP contribution in [0.25, 0.3) is 10.9 Å². The summed E-state index contributed by atoms with van der Waals surface area (Å²) in [5, 5.41) is 1.06. The van der Waals surface area contributed by atoms with E-state index in [1.54, 1.807) is 0 Å². The number of aryl methyl sites for hydroxylation is 1. The number of methoxy groups -OCH3 is 1. The predicted octanol–water partition coefficient (Wildman–Crippen LogP) is 3.60. The number of hydrogen-bond donors (Lipinski definition) is 0. The summed E-state index contributed by atoms with van der Waals surface area (Å²) in [6.45, 7) is 3.19. The Balaban J connectivity index is 1.66. The van der Waals surface area contributed by atoms with E-state index in [2.05, 4.69) is 28.5 Å². The molecule has 1 aromatic heterocycles. The SMILES string of the molecule is CO[C@@H]1CC[C@H]2N(C(=O)c3cn(C)c4ccccc34)CC[C@@]2(C)C1. The molecule has 2 heterocycles. The summed E-state index contributed by atoms with van der Waals surface area (Å²) in [5.41, 5.74) is 2.15. The Labute approximate surface area is 143 Å². The van der Waals surface area contributed by atoms with Crippen LogP contribution in [0.2, 0.25) is 0 Å². The fraction of sp³-hybridized carbons (Fsp3) is 0.550. The molecule has 4 nitrogen and oxygen atoms in total. The van der Waals surface area contributed by atoms with E-state index in [-0.39, 0.29) is 11.3 Å². The van der Waals surface area contributed by atoms with Gasteiger partial charge in [-0.3, -0.25) is 4.79 Å². The molecule has 2 fully saturated rings. The summed E-state index contributed by atoms with van der Waals surface area (Å²) in [6.07, 6.45) is 6.57. The first-order valence-corrected chi connectivity index (χ1v) is 8.91. The average Bonchev–Trinajstić information content (AvgIpc) is 3.11. The summed E-state index contributed by atoms with van der Waals surface area (Å²) in [7, 11) is 3.82. The lowest BCUT2D eigenvalue weighted by Gasteiger charge is -2.42. The first kappa shape index (κ1) is 15.7. The molecule has 128 valence electrons. The molecule has 0 unspecified atom stereocenters. The summed E-state index contributed by atoms with van der Waals surface area (Å²) in [6, 6.07) is 8.51. The molecule has 1 saturated carbocycles. The van der Waals surface area contributed by atoms with E-state index in [0.717, 1.165) is 48.7 Å². The third-order valence-corrected chi connectivity index (χ3v) is 6.28. The van der Waals surface area contributed by atoms with Crippen molar-refractivity contribution < 1.29 is 9.53 Å². The molecule has 0 radical (unpaired) electrons. The van der Waals surface area contributed by atoms with Crippen LogP contribution in [0.4, 0.5) is 0 Å². The van der Waals surface area contributed by atoms with Gasteiger partial charge in [-0.05, 0) is 37.2 Å². The molecule has 2 aromatic rings. The standard InChI is InChI=1S/C20H26N2O2/c1-20-10-11-22(18(20)9-8-14(12-20)24-3)19(23)16-13-21(2)17-7-5-4-6-15(16)17/h4-7,13-14,18H,8-12H2,1-3H3/t14-,18-,20+/m1/s1. The average molecular weight is 326 g/mol. The van der Waals surface area contributed by atoms with Crippen molar-refractivity contribution in [3.8, 4) is 0 Å². The fourth-order valence-electron chi connectivity index (χ4n) is 4.89. The zero-order chi connectivity index (χ0) is 16.9. The number of carbonyl (C=O) groups excluding carboxylic acids is 1. The topological polar surface area (TPSA) is 34.5 Å². The highest BCUT2D eigenvalue weighted by molar-refractivity contribution is 6.07. The molecular formula is C20H26N2O2. The van der Waals surface area contributed by atoms with E-state index in [4.69, 9.17) is 4.74 Å². The molecular weight excluding hydrogens is 300 g/mol. The normalized spacial score (nSPS) is 29.9. The van der Waals surface area contributed by atoms with Crippen LogP contribution in [-0.4, -0.2) is 41.2 Å². The second-order valence-corrected chi connectivity index (χ2v) is 7.73. The van der Waals surface area contributed by atoms with Crippen LogP contribution < -0.4 is 0 Å². The summed E-state index contributed by atoms with van der Waals surface area (Å²) < 4.78 is 7.65. The van der Waals surface area contributed by atoms with Crippen LogP contribution in [0.15, 0.2) is 30.5 Å². The van der Waals surface area contributed by atoms with Gasteiger partial charge < -0.3 is 14.2 Å². The third kappa shape index (κ3) is 2.27. The second kappa shape index (κ2) is 5.62. The number of hydrogen-bond acceptors (Lipinski definition) is 2. The molecule has 0 spiro atoms. The largest absolute Gasteiger partial charge is 0.381 e. The molecule has 2 aliphatic rings. The lowest BCUT2D eigenvalue weighted by Crippen LogP contribution is -2.46. The number of likely N-dealkylation sites (tertiary alicyclic amines) is 1. The molecule has 1 amide bonds. The Kier molecular flexibility index (Phi) is 3.68. The van der Waals surface area contributed by atoms with Gasteiger partial charge in [-0.1, -0.05) is 25.1 Å². The zero-order valence-electron chi connectivity index (χ0n) is 14.8. The summed E-state index contributed by atoms with van der Waals surface area (Å²) >= 11 is 0. The van der Waals surface area contributed by atoms with Crippen LogP contribution in [0.5, 0.6) is 0 Å². The van der Waals surface area contributed by atoms with E-state index in [9.17, 15) is 4.79 Å². The first-order chi connectivity index (χ1) is 11.5. The first-order valence-electron chi connectivity index (χ1n) is 8.91. The van der Waals surface area contributed by atoms with Gasteiger partial charge in [-0.2, -0.15) is 0 Å². The Bertz CT molecular complexity index is 781. The van der Waals surface area contributed by atoms with E-state index in [0.29, 0.717) is 12.1 Å². The molecule has 1 aliphatic carbocycles. The van der Waals surface area contributed by atoms with Crippen molar-refractivity contribution in [1.29, 1.82) is 0 Å². The number of fused-ring (bicyclic) bond motifs is 2. The van der Waals surface area contributed by atoms with Crippen LogP contribution in [0.1, 0.15) is 43.0 Å². The summed E-state index contributed by atoms with van der Waals surface area (Å²) in [5.74, 6) is 0.191. The quantitative estimate of drug-likeness (QED) is 0.845. The smallest absolute Gasteiger partial charge is 0.256 e. The number of aromatic nitrogens is 1. The molecule has 3 atom stereocenters. The van der Waals surface area contributed by atoms with E-state index < -0.39 is 0 Å². The Morgan fingerprint density at radius 3 is 2.88 bits per heavy atom. The Morgan fingerprint density at radius 2 is 2.08 bits per heavy atom. The van der Waals surface area contributed by atoms with Crippen molar-refractivity contribution in [1.82, 2.24) is 9.47 Å². The highest BCUT2D eigenvalue weighted by Crippen LogP contribution is 2.47. The van der Waals surface area contributed by atoms with Gasteiger partial charge in [0.1, 0.15) is 0 Å². The molecule has 4 heteroatoms. The van der Waals surface area contributed by atoms with E-state index >= 15 is 0 Å². The molecule has 24 heavy (non-hydrogen) atoms. The van der Waals surface area contributed by atoms with Crippen molar-refractivity contribution in [2.45, 2.75) is 44.8 Å². The van der Waals surface area contributed by atoms with Crippen molar-refractivity contribution in [2.75, 3.05) is 13.7 Å². The number of benzene rings is 1. The van der Waals surface area contributed by atoms with Gasteiger partial charge in [0.05, 0.1) is 11.7 Å². The van der Waals surface area contributed by atoms with E-state index in [1.165, 1.54) is 0 Å². The lowest BCUT2D eigenvalue weighted by atomic mass is 9.71. The zero-order valence-corrected chi connectivity index (χ0v) is 14.8. The van der Waals surface area contributed by atoms with Crippen molar-refractivity contribution in [3.05, 3.63) is 36.0 Å². The van der Waals surface area contributed by atoms with Gasteiger partial charge in [-0.15, -0.1) is 0 Å². The number of nitrogens with zero attached hydrogens (tertiary/aromatic N) is 2. The number of para-hydroxylation sites is 1. The maximum atomic E-state index is 13.3. The van der Waals surface area contributed by atoms with Crippen molar-refractivity contribution in [3.63, 3.8) is 0 Å². The third-order valence-electron chi connectivity index (χ3n) is 6.28. The minimum absolute atomic E-state index is 0.191. The fourth-order valence-corrected chi connectivity index (χ4v) is 4.89. The second-order valence-electron chi connectivity index (χ2n) is 7.73. The number of rotatable bonds is 2. The molecule has 0 bridgehead atoms. The Morgan fingerprint density at radius 1 is 1.29 bits per heavy atom. The highest BCUT2D eigenvalue weighted by atomic mass is 16.5. The lowest BCUT2D eigenvalue weighted by molar-refractivity contribution is -0.00273. The van der Waals surface area contributed by atoms with Gasteiger partial charge in [0.2, 0.25) is 0 Å². The maximum Gasteiger partial charge on any atom is 0.256 e. The van der Waals surface area contributed by atoms with Gasteiger partial charge in [-0.25, -0.2) is 0 Å². The van der Waals surface area contributed by atoms with Crippen LogP contribution in [-0.2, 0) is 11.8 Å². The Hall–Kier alpha value is -1.81. The number of carbonyl (C=O) groups is 1. The van der Waals surface area contributed by atoms with Gasteiger partial charge in [0.15, 0.2) is 0 Å².